The largest absolute Gasteiger partial charge is 0.374 e. The van der Waals surface area contributed by atoms with Crippen molar-refractivity contribution in [3.8, 4) is 0 Å². The van der Waals surface area contributed by atoms with Gasteiger partial charge in [-0.3, -0.25) is 10.6 Å². The monoisotopic (exact) mass is 276 g/mol. The highest BCUT2D eigenvalue weighted by Gasteiger charge is 2.30. The quantitative estimate of drug-likeness (QED) is 0.549. The summed E-state index contributed by atoms with van der Waals surface area (Å²) in [6.07, 6.45) is 0. The minimum atomic E-state index is -1.13. The van der Waals surface area contributed by atoms with Crippen LogP contribution >= 0.6 is 0 Å². The molecule has 0 radical (unpaired) electrons. The Morgan fingerprint density at radius 2 is 0.947 bits per heavy atom. The topological polar surface area (TPSA) is 73.8 Å². The number of nitrogens with one attached hydrogen (secondary N) is 2. The van der Waals surface area contributed by atoms with Gasteiger partial charge in [-0.1, -0.05) is 0 Å². The number of rotatable bonds is 6. The standard InChI is InChI=1S/C14H32N2O3/c1-11(2,3)15-13(7,17)9-19-10-14(8,18)16-12(4,5)6/h15-18H,9-10H2,1-8H3. The van der Waals surface area contributed by atoms with Gasteiger partial charge in [0, 0.05) is 11.1 Å². The highest BCUT2D eigenvalue weighted by molar-refractivity contribution is 4.82. The van der Waals surface area contributed by atoms with E-state index in [2.05, 4.69) is 10.6 Å². The molecule has 0 spiro atoms. The second-order valence-corrected chi connectivity index (χ2v) is 7.79. The number of hydrogen-bond donors (Lipinski definition) is 4. The summed E-state index contributed by atoms with van der Waals surface area (Å²) in [5.74, 6) is 0. The minimum absolute atomic E-state index is 0.103. The molecule has 0 fully saturated rings. The van der Waals surface area contributed by atoms with E-state index in [4.69, 9.17) is 4.74 Å². The summed E-state index contributed by atoms with van der Waals surface area (Å²) in [4.78, 5) is 0. The summed E-state index contributed by atoms with van der Waals surface area (Å²) in [7, 11) is 0. The van der Waals surface area contributed by atoms with Crippen molar-refractivity contribution in [3.63, 3.8) is 0 Å². The van der Waals surface area contributed by atoms with E-state index >= 15 is 0 Å². The Morgan fingerprint density at radius 3 is 1.16 bits per heavy atom. The van der Waals surface area contributed by atoms with Crippen LogP contribution in [-0.4, -0.2) is 46.0 Å². The third-order valence-electron chi connectivity index (χ3n) is 2.05. The molecule has 0 saturated heterocycles. The summed E-state index contributed by atoms with van der Waals surface area (Å²) in [5, 5.41) is 26.4. The van der Waals surface area contributed by atoms with E-state index in [1.807, 2.05) is 41.5 Å². The second kappa shape index (κ2) is 6.06. The fourth-order valence-corrected chi connectivity index (χ4v) is 2.14. The zero-order chi connectivity index (χ0) is 15.5. The normalized spacial score (nSPS) is 19.9. The fraction of sp³-hybridized carbons (Fsp3) is 1.00. The Hall–Kier alpha value is -0.200. The predicted molar refractivity (Wildman–Crippen MR) is 77.8 cm³/mol. The molecule has 116 valence electrons. The number of aliphatic hydroxyl groups is 2. The third kappa shape index (κ3) is 11.3. The van der Waals surface area contributed by atoms with E-state index < -0.39 is 11.4 Å². The number of hydrogen-bond acceptors (Lipinski definition) is 5. The highest BCUT2D eigenvalue weighted by atomic mass is 16.5. The molecule has 5 heteroatoms. The summed E-state index contributed by atoms with van der Waals surface area (Å²) in [6, 6.07) is 0. The van der Waals surface area contributed by atoms with Gasteiger partial charge in [-0.2, -0.15) is 0 Å². The average Bonchev–Trinajstić information content (AvgIpc) is 1.90. The van der Waals surface area contributed by atoms with Gasteiger partial charge in [0.1, 0.15) is 11.4 Å². The van der Waals surface area contributed by atoms with Crippen LogP contribution in [0.3, 0.4) is 0 Å². The summed E-state index contributed by atoms with van der Waals surface area (Å²) in [6.45, 7) is 15.3. The first-order chi connectivity index (χ1) is 8.12. The molecule has 0 aromatic rings. The van der Waals surface area contributed by atoms with Crippen molar-refractivity contribution in [1.29, 1.82) is 0 Å². The van der Waals surface area contributed by atoms with Gasteiger partial charge in [0.15, 0.2) is 0 Å². The first-order valence-electron chi connectivity index (χ1n) is 6.73. The molecule has 19 heavy (non-hydrogen) atoms. The molecule has 5 nitrogen and oxygen atoms in total. The first kappa shape index (κ1) is 18.8. The van der Waals surface area contributed by atoms with Gasteiger partial charge < -0.3 is 14.9 Å². The van der Waals surface area contributed by atoms with Crippen LogP contribution in [-0.2, 0) is 4.74 Å². The molecular weight excluding hydrogens is 244 g/mol. The Bertz CT molecular complexity index is 247. The van der Waals surface area contributed by atoms with Gasteiger partial charge in [-0.15, -0.1) is 0 Å². The smallest absolute Gasteiger partial charge is 0.137 e. The molecule has 2 unspecified atom stereocenters. The molecule has 2 atom stereocenters. The van der Waals surface area contributed by atoms with Gasteiger partial charge in [0.25, 0.3) is 0 Å². The van der Waals surface area contributed by atoms with E-state index in [-0.39, 0.29) is 24.3 Å². The van der Waals surface area contributed by atoms with E-state index in [1.54, 1.807) is 13.8 Å². The lowest BCUT2D eigenvalue weighted by molar-refractivity contribution is -0.118. The van der Waals surface area contributed by atoms with Gasteiger partial charge in [-0.25, -0.2) is 0 Å². The predicted octanol–water partition coefficient (Wildman–Crippen LogP) is 1.20. The zero-order valence-electron chi connectivity index (χ0n) is 13.7. The van der Waals surface area contributed by atoms with Crippen LogP contribution < -0.4 is 10.6 Å². The fourth-order valence-electron chi connectivity index (χ4n) is 2.14. The average molecular weight is 276 g/mol. The van der Waals surface area contributed by atoms with E-state index in [0.717, 1.165) is 0 Å². The van der Waals surface area contributed by atoms with Gasteiger partial charge in [-0.05, 0) is 55.4 Å². The zero-order valence-corrected chi connectivity index (χ0v) is 13.7. The molecule has 0 aliphatic rings. The van der Waals surface area contributed by atoms with Crippen molar-refractivity contribution in [2.75, 3.05) is 13.2 Å². The maximum atomic E-state index is 10.1. The van der Waals surface area contributed by atoms with Gasteiger partial charge >= 0.3 is 0 Å². The van der Waals surface area contributed by atoms with Crippen LogP contribution in [0, 0.1) is 0 Å². The molecular formula is C14H32N2O3. The van der Waals surface area contributed by atoms with Crippen molar-refractivity contribution in [2.45, 2.75) is 77.9 Å². The van der Waals surface area contributed by atoms with Crippen molar-refractivity contribution in [3.05, 3.63) is 0 Å². The van der Waals surface area contributed by atoms with Crippen LogP contribution in [0.5, 0.6) is 0 Å². The summed E-state index contributed by atoms with van der Waals surface area (Å²) < 4.78 is 5.43. The molecule has 0 aromatic carbocycles. The third-order valence-corrected chi connectivity index (χ3v) is 2.05. The number of ether oxygens (including phenoxy) is 1. The molecule has 0 saturated carbocycles. The lowest BCUT2D eigenvalue weighted by Crippen LogP contribution is -2.57. The maximum absolute atomic E-state index is 10.1. The van der Waals surface area contributed by atoms with Crippen LogP contribution in [0.1, 0.15) is 55.4 Å². The Kier molecular flexibility index (Phi) is 5.99. The molecule has 0 heterocycles. The van der Waals surface area contributed by atoms with Crippen molar-refractivity contribution in [1.82, 2.24) is 10.6 Å². The van der Waals surface area contributed by atoms with Crippen molar-refractivity contribution in [2.24, 2.45) is 0 Å². The summed E-state index contributed by atoms with van der Waals surface area (Å²) >= 11 is 0. The Balaban J connectivity index is 4.21. The molecule has 0 aliphatic heterocycles. The van der Waals surface area contributed by atoms with Crippen molar-refractivity contribution >= 4 is 0 Å². The van der Waals surface area contributed by atoms with E-state index in [0.29, 0.717) is 0 Å². The van der Waals surface area contributed by atoms with Crippen molar-refractivity contribution < 1.29 is 14.9 Å². The van der Waals surface area contributed by atoms with Crippen LogP contribution in [0.25, 0.3) is 0 Å². The summed E-state index contributed by atoms with van der Waals surface area (Å²) in [5.41, 5.74) is -2.68. The lowest BCUT2D eigenvalue weighted by Gasteiger charge is -2.36. The van der Waals surface area contributed by atoms with Crippen LogP contribution in [0.15, 0.2) is 0 Å². The highest BCUT2D eigenvalue weighted by Crippen LogP contribution is 2.12. The minimum Gasteiger partial charge on any atom is -0.374 e. The van der Waals surface area contributed by atoms with E-state index in [9.17, 15) is 10.2 Å². The lowest BCUT2D eigenvalue weighted by atomic mass is 10.1. The van der Waals surface area contributed by atoms with Crippen LogP contribution in [0.4, 0.5) is 0 Å². The molecule has 0 aromatic heterocycles. The first-order valence-corrected chi connectivity index (χ1v) is 6.73. The molecule has 0 bridgehead atoms. The van der Waals surface area contributed by atoms with Gasteiger partial charge in [0.2, 0.25) is 0 Å². The second-order valence-electron chi connectivity index (χ2n) is 7.79. The molecule has 0 amide bonds. The Morgan fingerprint density at radius 1 is 0.684 bits per heavy atom. The maximum Gasteiger partial charge on any atom is 0.137 e. The van der Waals surface area contributed by atoms with Crippen LogP contribution in [0.2, 0.25) is 0 Å². The molecule has 0 rings (SSSR count). The Labute approximate surface area is 117 Å². The SMILES string of the molecule is CC(C)(C)NC(C)(O)COCC(C)(O)NC(C)(C)C. The van der Waals surface area contributed by atoms with Gasteiger partial charge in [0.05, 0.1) is 13.2 Å². The molecule has 4 N–H and O–H groups in total. The van der Waals surface area contributed by atoms with E-state index in [1.165, 1.54) is 0 Å². The molecule has 0 aliphatic carbocycles.